The number of benzene rings is 1. The number of carbonyl (C=O) groups is 1. The van der Waals surface area contributed by atoms with E-state index in [1.165, 1.54) is 13.3 Å². The average Bonchev–Trinajstić information content (AvgIpc) is 2.62. The van der Waals surface area contributed by atoms with Crippen LogP contribution >= 0.6 is 0 Å². The largest absolute Gasteiger partial charge is 0.480 e. The number of para-hydroxylation sites is 1. The van der Waals surface area contributed by atoms with Crippen LogP contribution in [-0.2, 0) is 0 Å². The predicted octanol–water partition coefficient (Wildman–Crippen LogP) is 1.15. The van der Waals surface area contributed by atoms with Crippen molar-refractivity contribution in [1.82, 2.24) is 15.3 Å². The van der Waals surface area contributed by atoms with Gasteiger partial charge in [0, 0.05) is 38.1 Å². The van der Waals surface area contributed by atoms with Crippen LogP contribution in [0.5, 0.6) is 5.88 Å². The summed E-state index contributed by atoms with van der Waals surface area (Å²) < 4.78 is 5.28. The van der Waals surface area contributed by atoms with Crippen LogP contribution in [0.4, 0.5) is 11.6 Å². The molecule has 0 atom stereocenters. The molecule has 1 aromatic carbocycles. The lowest BCUT2D eigenvalue weighted by molar-refractivity contribution is 0.102. The third kappa shape index (κ3) is 3.57. The summed E-state index contributed by atoms with van der Waals surface area (Å²) in [5.74, 6) is 0.571. The van der Waals surface area contributed by atoms with Crippen LogP contribution in [0.25, 0.3) is 0 Å². The normalized spacial score (nSPS) is 14.4. The van der Waals surface area contributed by atoms with E-state index in [9.17, 15) is 4.79 Å². The molecule has 7 heteroatoms. The lowest BCUT2D eigenvalue weighted by atomic mass is 10.2. The van der Waals surface area contributed by atoms with Gasteiger partial charge in [0.25, 0.3) is 5.91 Å². The van der Waals surface area contributed by atoms with E-state index in [0.29, 0.717) is 17.2 Å². The number of rotatable bonds is 4. The highest BCUT2D eigenvalue weighted by atomic mass is 16.5. The Balaban J connectivity index is 1.80. The summed E-state index contributed by atoms with van der Waals surface area (Å²) in [6, 6.07) is 9.25. The first-order valence-electron chi connectivity index (χ1n) is 7.51. The summed E-state index contributed by atoms with van der Waals surface area (Å²) >= 11 is 0. The van der Waals surface area contributed by atoms with Crippen LogP contribution in [-0.4, -0.2) is 49.2 Å². The van der Waals surface area contributed by atoms with Gasteiger partial charge in [-0.15, -0.1) is 0 Å². The van der Waals surface area contributed by atoms with Gasteiger partial charge in [-0.3, -0.25) is 4.79 Å². The highest BCUT2D eigenvalue weighted by Gasteiger charge is 2.19. The first-order chi connectivity index (χ1) is 11.3. The fraction of sp³-hybridized carbons (Fsp3) is 0.312. The average molecular weight is 313 g/mol. The molecule has 1 aliphatic rings. The number of nitrogens with one attached hydrogen (secondary N) is 2. The number of aromatic nitrogens is 2. The van der Waals surface area contributed by atoms with Crippen molar-refractivity contribution < 1.29 is 9.53 Å². The first kappa shape index (κ1) is 15.2. The number of hydrogen-bond donors (Lipinski definition) is 2. The van der Waals surface area contributed by atoms with E-state index in [4.69, 9.17) is 4.74 Å². The minimum atomic E-state index is -0.292. The molecule has 1 aliphatic heterocycles. The van der Waals surface area contributed by atoms with Gasteiger partial charge in [-0.2, -0.15) is 4.98 Å². The molecule has 1 amide bonds. The van der Waals surface area contributed by atoms with Crippen molar-refractivity contribution in [1.29, 1.82) is 0 Å². The monoisotopic (exact) mass is 313 g/mol. The maximum absolute atomic E-state index is 12.4. The van der Waals surface area contributed by atoms with E-state index in [1.807, 2.05) is 30.3 Å². The van der Waals surface area contributed by atoms with Gasteiger partial charge >= 0.3 is 0 Å². The van der Waals surface area contributed by atoms with E-state index >= 15 is 0 Å². The SMILES string of the molecule is COc1nc(N2CCNCC2)ncc1C(=O)Nc1ccccc1. The Bertz CT molecular complexity index is 671. The molecule has 23 heavy (non-hydrogen) atoms. The van der Waals surface area contributed by atoms with Crippen molar-refractivity contribution in [2.75, 3.05) is 43.5 Å². The molecule has 120 valence electrons. The van der Waals surface area contributed by atoms with Crippen LogP contribution in [0.2, 0.25) is 0 Å². The molecule has 1 saturated heterocycles. The van der Waals surface area contributed by atoms with Crippen molar-refractivity contribution in [3.05, 3.63) is 42.1 Å². The highest BCUT2D eigenvalue weighted by molar-refractivity contribution is 6.05. The molecule has 2 N–H and O–H groups in total. The van der Waals surface area contributed by atoms with Gasteiger partial charge in [0.05, 0.1) is 7.11 Å². The van der Waals surface area contributed by atoms with E-state index in [2.05, 4.69) is 25.5 Å². The Labute approximate surface area is 134 Å². The molecule has 0 aliphatic carbocycles. The number of amides is 1. The van der Waals surface area contributed by atoms with Crippen LogP contribution in [0.3, 0.4) is 0 Å². The maximum Gasteiger partial charge on any atom is 0.262 e. The summed E-state index contributed by atoms with van der Waals surface area (Å²) in [4.78, 5) is 23.2. The van der Waals surface area contributed by atoms with Crippen LogP contribution in [0, 0.1) is 0 Å². The van der Waals surface area contributed by atoms with Crippen LogP contribution < -0.4 is 20.3 Å². The zero-order chi connectivity index (χ0) is 16.1. The summed E-state index contributed by atoms with van der Waals surface area (Å²) in [7, 11) is 1.50. The van der Waals surface area contributed by atoms with Gasteiger partial charge in [-0.1, -0.05) is 18.2 Å². The Kier molecular flexibility index (Phi) is 4.68. The molecule has 0 bridgehead atoms. The van der Waals surface area contributed by atoms with Gasteiger partial charge < -0.3 is 20.3 Å². The Morgan fingerprint density at radius 1 is 1.26 bits per heavy atom. The Morgan fingerprint density at radius 3 is 2.70 bits per heavy atom. The molecule has 1 fully saturated rings. The molecule has 0 unspecified atom stereocenters. The van der Waals surface area contributed by atoms with E-state index in [1.54, 1.807) is 0 Å². The standard InChI is InChI=1S/C16H19N5O2/c1-23-15-13(14(22)19-12-5-3-2-4-6-12)11-18-16(20-15)21-9-7-17-8-10-21/h2-6,11,17H,7-10H2,1H3,(H,19,22). The summed E-state index contributed by atoms with van der Waals surface area (Å²) in [5, 5.41) is 6.09. The van der Waals surface area contributed by atoms with Crippen molar-refractivity contribution in [3.8, 4) is 5.88 Å². The van der Waals surface area contributed by atoms with Gasteiger partial charge in [-0.25, -0.2) is 4.98 Å². The van der Waals surface area contributed by atoms with Crippen molar-refractivity contribution in [2.45, 2.75) is 0 Å². The summed E-state index contributed by atoms with van der Waals surface area (Å²) in [6.07, 6.45) is 1.52. The molecule has 0 spiro atoms. The molecular formula is C16H19N5O2. The van der Waals surface area contributed by atoms with Crippen molar-refractivity contribution in [3.63, 3.8) is 0 Å². The second-order valence-corrected chi connectivity index (χ2v) is 5.15. The number of hydrogen-bond acceptors (Lipinski definition) is 6. The minimum absolute atomic E-state index is 0.280. The molecule has 7 nitrogen and oxygen atoms in total. The molecule has 2 aromatic rings. The number of piperazine rings is 1. The van der Waals surface area contributed by atoms with Crippen LogP contribution in [0.1, 0.15) is 10.4 Å². The van der Waals surface area contributed by atoms with Gasteiger partial charge in [-0.05, 0) is 12.1 Å². The fourth-order valence-electron chi connectivity index (χ4n) is 2.41. The highest BCUT2D eigenvalue weighted by Crippen LogP contribution is 2.20. The van der Waals surface area contributed by atoms with Crippen molar-refractivity contribution >= 4 is 17.5 Å². The van der Waals surface area contributed by atoms with Gasteiger partial charge in [0.2, 0.25) is 11.8 Å². The second kappa shape index (κ2) is 7.06. The van der Waals surface area contributed by atoms with E-state index in [-0.39, 0.29) is 11.8 Å². The minimum Gasteiger partial charge on any atom is -0.480 e. The number of anilines is 2. The van der Waals surface area contributed by atoms with Gasteiger partial charge in [0.1, 0.15) is 5.56 Å². The molecule has 3 rings (SSSR count). The number of nitrogens with zero attached hydrogens (tertiary/aromatic N) is 3. The molecule has 0 saturated carbocycles. The van der Waals surface area contributed by atoms with Crippen LogP contribution in [0.15, 0.2) is 36.5 Å². The molecular weight excluding hydrogens is 294 g/mol. The quantitative estimate of drug-likeness (QED) is 0.881. The third-order valence-electron chi connectivity index (χ3n) is 3.61. The predicted molar refractivity (Wildman–Crippen MR) is 88.1 cm³/mol. The van der Waals surface area contributed by atoms with Gasteiger partial charge in [0.15, 0.2) is 0 Å². The topological polar surface area (TPSA) is 79.4 Å². The summed E-state index contributed by atoms with van der Waals surface area (Å²) in [6.45, 7) is 3.45. The molecule has 2 heterocycles. The number of carbonyl (C=O) groups excluding carboxylic acids is 1. The smallest absolute Gasteiger partial charge is 0.262 e. The zero-order valence-electron chi connectivity index (χ0n) is 13.0. The Hall–Kier alpha value is -2.67. The number of methoxy groups -OCH3 is 1. The lowest BCUT2D eigenvalue weighted by Crippen LogP contribution is -2.44. The first-order valence-corrected chi connectivity index (χ1v) is 7.51. The molecule has 1 aromatic heterocycles. The number of ether oxygens (including phenoxy) is 1. The Morgan fingerprint density at radius 2 is 2.00 bits per heavy atom. The van der Waals surface area contributed by atoms with E-state index < -0.39 is 0 Å². The maximum atomic E-state index is 12.4. The second-order valence-electron chi connectivity index (χ2n) is 5.15. The summed E-state index contributed by atoms with van der Waals surface area (Å²) in [5.41, 5.74) is 1.03. The molecule has 0 radical (unpaired) electrons. The fourth-order valence-corrected chi connectivity index (χ4v) is 2.41. The van der Waals surface area contributed by atoms with Crippen molar-refractivity contribution in [2.24, 2.45) is 0 Å². The zero-order valence-corrected chi connectivity index (χ0v) is 13.0. The lowest BCUT2D eigenvalue weighted by Gasteiger charge is -2.27. The third-order valence-corrected chi connectivity index (χ3v) is 3.61. The van der Waals surface area contributed by atoms with E-state index in [0.717, 1.165) is 26.2 Å².